The predicted octanol–water partition coefficient (Wildman–Crippen LogP) is 1.64. The summed E-state index contributed by atoms with van der Waals surface area (Å²) in [4.78, 5) is 2.02. The van der Waals surface area contributed by atoms with Gasteiger partial charge in [0, 0.05) is 26.2 Å². The molecule has 5 heteroatoms. The van der Waals surface area contributed by atoms with E-state index in [4.69, 9.17) is 15.7 Å². The van der Waals surface area contributed by atoms with Crippen LogP contribution in [0.5, 0.6) is 0 Å². The molecule has 4 nitrogen and oxygen atoms in total. The summed E-state index contributed by atoms with van der Waals surface area (Å²) in [5, 5.41) is 9.11. The molecule has 1 aliphatic heterocycles. The molecule has 1 aromatic rings. The lowest BCUT2D eigenvalue weighted by Gasteiger charge is -2.40. The largest absolute Gasteiger partial charge is 0.381 e. The lowest BCUT2D eigenvalue weighted by atomic mass is 9.97. The van der Waals surface area contributed by atoms with Gasteiger partial charge in [0.2, 0.25) is 0 Å². The molecule has 2 rings (SSSR count). The van der Waals surface area contributed by atoms with Gasteiger partial charge in [0.25, 0.3) is 0 Å². The fourth-order valence-corrected chi connectivity index (χ4v) is 2.63. The molecule has 2 atom stereocenters. The maximum Gasteiger partial charge on any atom is 0.143 e. The van der Waals surface area contributed by atoms with Gasteiger partial charge < -0.3 is 15.4 Å². The predicted molar refractivity (Wildman–Crippen MR) is 71.3 cm³/mol. The zero-order chi connectivity index (χ0) is 13.8. The summed E-state index contributed by atoms with van der Waals surface area (Å²) in [6, 6.07) is 6.73. The second kappa shape index (κ2) is 6.00. The van der Waals surface area contributed by atoms with Crippen LogP contribution in [-0.4, -0.2) is 32.3 Å². The lowest BCUT2D eigenvalue weighted by Crippen LogP contribution is -2.49. The number of hydrogen-bond donors (Lipinski definition) is 1. The maximum absolute atomic E-state index is 13.7. The van der Waals surface area contributed by atoms with E-state index in [1.165, 1.54) is 6.07 Å². The first kappa shape index (κ1) is 13.8. The lowest BCUT2D eigenvalue weighted by molar-refractivity contribution is 0.0709. The van der Waals surface area contributed by atoms with Crippen LogP contribution in [0.25, 0.3) is 0 Å². The van der Waals surface area contributed by atoms with Crippen molar-refractivity contribution in [2.45, 2.75) is 25.0 Å². The Labute approximate surface area is 112 Å². The average Bonchev–Trinajstić information content (AvgIpc) is 2.46. The summed E-state index contributed by atoms with van der Waals surface area (Å²) in [5.74, 6) is -0.482. The molecule has 0 amide bonds. The topological polar surface area (TPSA) is 62.3 Å². The van der Waals surface area contributed by atoms with Crippen molar-refractivity contribution in [3.05, 3.63) is 29.6 Å². The molecule has 1 heterocycles. The van der Waals surface area contributed by atoms with Crippen molar-refractivity contribution in [1.29, 1.82) is 5.26 Å². The van der Waals surface area contributed by atoms with E-state index < -0.39 is 5.82 Å². The molecular formula is C14H18FN3O. The first-order valence-corrected chi connectivity index (χ1v) is 6.39. The van der Waals surface area contributed by atoms with E-state index in [9.17, 15) is 4.39 Å². The third-order valence-electron chi connectivity index (χ3n) is 3.69. The van der Waals surface area contributed by atoms with Gasteiger partial charge in [0.15, 0.2) is 0 Å². The van der Waals surface area contributed by atoms with Crippen LogP contribution in [0.1, 0.15) is 18.4 Å². The van der Waals surface area contributed by atoms with E-state index in [0.29, 0.717) is 12.2 Å². The van der Waals surface area contributed by atoms with E-state index in [0.717, 1.165) is 19.4 Å². The van der Waals surface area contributed by atoms with Crippen molar-refractivity contribution in [3.8, 4) is 6.07 Å². The van der Waals surface area contributed by atoms with E-state index in [2.05, 4.69) is 0 Å². The number of ether oxygens (including phenoxy) is 1. The Kier molecular flexibility index (Phi) is 4.35. The first-order valence-electron chi connectivity index (χ1n) is 6.39. The summed E-state index contributed by atoms with van der Waals surface area (Å²) in [6.45, 7) is 1.18. The van der Waals surface area contributed by atoms with E-state index in [1.807, 2.05) is 11.0 Å². The number of nitrogens with two attached hydrogens (primary N) is 1. The molecule has 0 radical (unpaired) electrons. The minimum absolute atomic E-state index is 0.0765. The highest BCUT2D eigenvalue weighted by molar-refractivity contribution is 5.60. The van der Waals surface area contributed by atoms with E-state index in [1.54, 1.807) is 19.2 Å². The molecular weight excluding hydrogens is 245 g/mol. The summed E-state index contributed by atoms with van der Waals surface area (Å²) in [6.07, 6.45) is 1.84. The second-order valence-corrected chi connectivity index (χ2v) is 4.71. The Bertz CT molecular complexity index is 486. The molecule has 1 aliphatic rings. The number of nitrogens with zero attached hydrogens (tertiary/aromatic N) is 2. The van der Waals surface area contributed by atoms with Gasteiger partial charge in [-0.2, -0.15) is 5.26 Å². The van der Waals surface area contributed by atoms with Crippen LogP contribution in [-0.2, 0) is 4.74 Å². The fourth-order valence-electron chi connectivity index (χ4n) is 2.63. The summed E-state index contributed by atoms with van der Waals surface area (Å²) in [5.41, 5.74) is 6.53. The highest BCUT2D eigenvalue weighted by Crippen LogP contribution is 2.29. The molecule has 2 N–H and O–H groups in total. The number of hydrogen-bond acceptors (Lipinski definition) is 4. The van der Waals surface area contributed by atoms with Crippen LogP contribution in [0.3, 0.4) is 0 Å². The number of piperidine rings is 1. The van der Waals surface area contributed by atoms with Crippen molar-refractivity contribution in [2.24, 2.45) is 5.73 Å². The zero-order valence-electron chi connectivity index (χ0n) is 11.0. The SMILES string of the molecule is COC1CCN(c2cccc(F)c2C#N)C(CN)C1. The highest BCUT2D eigenvalue weighted by Gasteiger charge is 2.29. The molecule has 1 aromatic carbocycles. The van der Waals surface area contributed by atoms with Gasteiger partial charge in [-0.05, 0) is 25.0 Å². The number of nitriles is 1. The Morgan fingerprint density at radius 1 is 1.58 bits per heavy atom. The van der Waals surface area contributed by atoms with Gasteiger partial charge >= 0.3 is 0 Å². The highest BCUT2D eigenvalue weighted by atomic mass is 19.1. The van der Waals surface area contributed by atoms with Gasteiger partial charge in [-0.1, -0.05) is 6.07 Å². The monoisotopic (exact) mass is 263 g/mol. The number of rotatable bonds is 3. The summed E-state index contributed by atoms with van der Waals surface area (Å²) >= 11 is 0. The van der Waals surface area contributed by atoms with Crippen molar-refractivity contribution in [1.82, 2.24) is 0 Å². The standard InChI is InChI=1S/C14H18FN3O/c1-19-11-5-6-18(10(7-11)8-16)14-4-2-3-13(15)12(14)9-17/h2-4,10-11H,5-8,16H2,1H3. The molecule has 102 valence electrons. The van der Waals surface area contributed by atoms with Crippen LogP contribution < -0.4 is 10.6 Å². The molecule has 0 spiro atoms. The van der Waals surface area contributed by atoms with Crippen molar-refractivity contribution in [3.63, 3.8) is 0 Å². The molecule has 0 aromatic heterocycles. The van der Waals surface area contributed by atoms with Crippen LogP contribution in [0, 0.1) is 17.1 Å². The zero-order valence-corrected chi connectivity index (χ0v) is 11.0. The number of anilines is 1. The quantitative estimate of drug-likeness (QED) is 0.900. The normalized spacial score (nSPS) is 23.2. The first-order chi connectivity index (χ1) is 9.21. The molecule has 0 bridgehead atoms. The molecule has 19 heavy (non-hydrogen) atoms. The van der Waals surface area contributed by atoms with Gasteiger partial charge in [-0.25, -0.2) is 4.39 Å². The Morgan fingerprint density at radius 2 is 2.37 bits per heavy atom. The van der Waals surface area contributed by atoms with Crippen LogP contribution >= 0.6 is 0 Å². The average molecular weight is 263 g/mol. The van der Waals surface area contributed by atoms with Crippen LogP contribution in [0.4, 0.5) is 10.1 Å². The second-order valence-electron chi connectivity index (χ2n) is 4.71. The third-order valence-corrected chi connectivity index (χ3v) is 3.69. The van der Waals surface area contributed by atoms with Crippen molar-refractivity contribution in [2.75, 3.05) is 25.1 Å². The van der Waals surface area contributed by atoms with Crippen molar-refractivity contribution >= 4 is 5.69 Å². The summed E-state index contributed by atoms with van der Waals surface area (Å²) in [7, 11) is 1.69. The minimum atomic E-state index is -0.482. The molecule has 0 saturated carbocycles. The van der Waals surface area contributed by atoms with Gasteiger partial charge in [-0.3, -0.25) is 0 Å². The van der Waals surface area contributed by atoms with Crippen molar-refractivity contribution < 1.29 is 9.13 Å². The van der Waals surface area contributed by atoms with E-state index >= 15 is 0 Å². The van der Waals surface area contributed by atoms with E-state index in [-0.39, 0.29) is 17.7 Å². The Morgan fingerprint density at radius 3 is 3.00 bits per heavy atom. The number of benzene rings is 1. The Balaban J connectivity index is 2.31. The fraction of sp³-hybridized carbons (Fsp3) is 0.500. The Hall–Kier alpha value is -1.64. The van der Waals surface area contributed by atoms with Crippen LogP contribution in [0.2, 0.25) is 0 Å². The molecule has 1 fully saturated rings. The number of halogens is 1. The molecule has 0 aliphatic carbocycles. The third kappa shape index (κ3) is 2.70. The number of methoxy groups -OCH3 is 1. The van der Waals surface area contributed by atoms with Gasteiger partial charge in [0.1, 0.15) is 17.4 Å². The molecule has 2 unspecified atom stereocenters. The van der Waals surface area contributed by atoms with Gasteiger partial charge in [-0.15, -0.1) is 0 Å². The summed E-state index contributed by atoms with van der Waals surface area (Å²) < 4.78 is 19.0. The maximum atomic E-state index is 13.7. The van der Waals surface area contributed by atoms with Crippen LogP contribution in [0.15, 0.2) is 18.2 Å². The molecule has 1 saturated heterocycles. The minimum Gasteiger partial charge on any atom is -0.381 e. The smallest absolute Gasteiger partial charge is 0.143 e. The van der Waals surface area contributed by atoms with Gasteiger partial charge in [0.05, 0.1) is 11.8 Å².